The van der Waals surface area contributed by atoms with E-state index in [0.29, 0.717) is 12.6 Å². The molecule has 0 bridgehead atoms. The predicted octanol–water partition coefficient (Wildman–Crippen LogP) is 2.91. The molecule has 0 spiro atoms. The molecular weight excluding hydrogens is 268 g/mol. The Balaban J connectivity index is 1.96. The van der Waals surface area contributed by atoms with E-state index in [9.17, 15) is 10.1 Å². The Morgan fingerprint density at radius 1 is 1.58 bits per heavy atom. The quantitative estimate of drug-likeness (QED) is 0.682. The van der Waals surface area contributed by atoms with Gasteiger partial charge in [-0.05, 0) is 31.4 Å². The average Bonchev–Trinajstić information content (AvgIpc) is 2.37. The van der Waals surface area contributed by atoms with Gasteiger partial charge in [-0.15, -0.1) is 0 Å². The van der Waals surface area contributed by atoms with E-state index >= 15 is 0 Å². The van der Waals surface area contributed by atoms with Gasteiger partial charge in [0.1, 0.15) is 5.02 Å². The van der Waals surface area contributed by atoms with Crippen molar-refractivity contribution in [3.05, 3.63) is 38.9 Å². The molecule has 1 saturated heterocycles. The molecule has 1 aromatic carbocycles. The summed E-state index contributed by atoms with van der Waals surface area (Å²) in [4.78, 5) is 10.4. The van der Waals surface area contributed by atoms with Crippen molar-refractivity contribution in [1.29, 1.82) is 0 Å². The third kappa shape index (κ3) is 3.89. The lowest BCUT2D eigenvalue weighted by atomic mass is 10.0. The van der Waals surface area contributed by atoms with Crippen molar-refractivity contribution in [1.82, 2.24) is 5.32 Å². The van der Waals surface area contributed by atoms with Gasteiger partial charge in [-0.3, -0.25) is 10.1 Å². The highest BCUT2D eigenvalue weighted by Gasteiger charge is 2.19. The molecule has 6 heteroatoms. The van der Waals surface area contributed by atoms with Crippen LogP contribution < -0.4 is 5.32 Å². The molecule has 19 heavy (non-hydrogen) atoms. The van der Waals surface area contributed by atoms with Crippen LogP contribution in [0.3, 0.4) is 0 Å². The minimum atomic E-state index is -0.456. The van der Waals surface area contributed by atoms with Crippen LogP contribution in [0, 0.1) is 10.1 Å². The van der Waals surface area contributed by atoms with E-state index in [-0.39, 0.29) is 16.8 Å². The molecule has 5 nitrogen and oxygen atoms in total. The van der Waals surface area contributed by atoms with E-state index in [0.717, 1.165) is 25.0 Å². The molecule has 0 aromatic heterocycles. The number of benzene rings is 1. The van der Waals surface area contributed by atoms with Crippen molar-refractivity contribution in [2.45, 2.75) is 38.5 Å². The summed E-state index contributed by atoms with van der Waals surface area (Å²) in [5.74, 6) is 0. The second-order valence-electron chi connectivity index (χ2n) is 4.83. The van der Waals surface area contributed by atoms with Gasteiger partial charge in [0.15, 0.2) is 0 Å². The van der Waals surface area contributed by atoms with Crippen molar-refractivity contribution in [3.8, 4) is 0 Å². The molecule has 2 unspecified atom stereocenters. The van der Waals surface area contributed by atoms with Gasteiger partial charge in [0.2, 0.25) is 0 Å². The Bertz CT molecular complexity index is 467. The van der Waals surface area contributed by atoms with Gasteiger partial charge < -0.3 is 10.1 Å². The standard InChI is InChI=1S/C13H17ClN2O3/c1-9-6-11(4-5-19-9)15-8-10-2-3-12(14)13(7-10)16(17)18/h2-3,7,9,11,15H,4-6,8H2,1H3. The molecule has 0 amide bonds. The molecule has 0 saturated carbocycles. The van der Waals surface area contributed by atoms with E-state index in [1.54, 1.807) is 6.07 Å². The van der Waals surface area contributed by atoms with Crippen LogP contribution in [0.25, 0.3) is 0 Å². The first-order valence-corrected chi connectivity index (χ1v) is 6.72. The van der Waals surface area contributed by atoms with Crippen LogP contribution in [-0.4, -0.2) is 23.7 Å². The van der Waals surface area contributed by atoms with Crippen LogP contribution in [0.2, 0.25) is 5.02 Å². The number of nitro benzene ring substituents is 1. The van der Waals surface area contributed by atoms with Gasteiger partial charge in [0, 0.05) is 25.3 Å². The number of hydrogen-bond acceptors (Lipinski definition) is 4. The van der Waals surface area contributed by atoms with Crippen LogP contribution in [-0.2, 0) is 11.3 Å². The van der Waals surface area contributed by atoms with Crippen LogP contribution >= 0.6 is 11.6 Å². The van der Waals surface area contributed by atoms with E-state index < -0.39 is 4.92 Å². The van der Waals surface area contributed by atoms with Gasteiger partial charge in [0.25, 0.3) is 5.69 Å². The van der Waals surface area contributed by atoms with Gasteiger partial charge in [-0.2, -0.15) is 0 Å². The summed E-state index contributed by atoms with van der Waals surface area (Å²) in [6.45, 7) is 3.43. The Morgan fingerprint density at radius 2 is 2.37 bits per heavy atom. The number of hydrogen-bond donors (Lipinski definition) is 1. The first-order valence-electron chi connectivity index (χ1n) is 6.34. The molecule has 0 aliphatic carbocycles. The van der Waals surface area contributed by atoms with Gasteiger partial charge >= 0.3 is 0 Å². The molecule has 1 aliphatic heterocycles. The highest BCUT2D eigenvalue weighted by atomic mass is 35.5. The van der Waals surface area contributed by atoms with Crippen molar-refractivity contribution in [2.75, 3.05) is 6.61 Å². The maximum absolute atomic E-state index is 10.8. The van der Waals surface area contributed by atoms with Gasteiger partial charge in [-0.1, -0.05) is 17.7 Å². The summed E-state index contributed by atoms with van der Waals surface area (Å²) in [7, 11) is 0. The van der Waals surface area contributed by atoms with Crippen molar-refractivity contribution in [2.24, 2.45) is 0 Å². The monoisotopic (exact) mass is 284 g/mol. The maximum atomic E-state index is 10.8. The highest BCUT2D eigenvalue weighted by molar-refractivity contribution is 6.32. The summed E-state index contributed by atoms with van der Waals surface area (Å²) >= 11 is 5.78. The lowest BCUT2D eigenvalue weighted by molar-refractivity contribution is -0.384. The summed E-state index contributed by atoms with van der Waals surface area (Å²) in [6, 6.07) is 5.31. The van der Waals surface area contributed by atoms with E-state index in [1.807, 2.05) is 6.07 Å². The number of nitrogens with one attached hydrogen (secondary N) is 1. The second kappa shape index (κ2) is 6.32. The summed E-state index contributed by atoms with van der Waals surface area (Å²) < 4.78 is 5.48. The van der Waals surface area contributed by atoms with Crippen molar-refractivity contribution < 1.29 is 9.66 Å². The third-order valence-electron chi connectivity index (χ3n) is 3.29. The topological polar surface area (TPSA) is 64.4 Å². The largest absolute Gasteiger partial charge is 0.378 e. The fraction of sp³-hybridized carbons (Fsp3) is 0.538. The maximum Gasteiger partial charge on any atom is 0.288 e. The molecule has 2 rings (SSSR count). The Morgan fingerprint density at radius 3 is 3.05 bits per heavy atom. The molecule has 104 valence electrons. The molecule has 2 atom stereocenters. The summed E-state index contributed by atoms with van der Waals surface area (Å²) in [6.07, 6.45) is 2.21. The second-order valence-corrected chi connectivity index (χ2v) is 5.23. The number of nitro groups is 1. The first-order chi connectivity index (χ1) is 9.06. The molecule has 0 radical (unpaired) electrons. The zero-order chi connectivity index (χ0) is 13.8. The van der Waals surface area contributed by atoms with E-state index in [2.05, 4.69) is 12.2 Å². The first kappa shape index (κ1) is 14.2. The Kier molecular flexibility index (Phi) is 4.74. The fourth-order valence-electron chi connectivity index (χ4n) is 2.25. The van der Waals surface area contributed by atoms with E-state index in [1.165, 1.54) is 6.07 Å². The SMILES string of the molecule is CC1CC(NCc2ccc(Cl)c([N+](=O)[O-])c2)CCO1. The van der Waals surface area contributed by atoms with Crippen LogP contribution in [0.4, 0.5) is 5.69 Å². The minimum absolute atomic E-state index is 0.0405. The molecule has 1 fully saturated rings. The van der Waals surface area contributed by atoms with Gasteiger partial charge in [0.05, 0.1) is 11.0 Å². The Labute approximate surface area is 117 Å². The molecule has 1 N–H and O–H groups in total. The number of ether oxygens (including phenoxy) is 1. The Hall–Kier alpha value is -1.17. The normalized spacial score (nSPS) is 23.3. The molecule has 1 heterocycles. The lowest BCUT2D eigenvalue weighted by Gasteiger charge is -2.28. The summed E-state index contributed by atoms with van der Waals surface area (Å²) in [5.41, 5.74) is 0.830. The molecule has 1 aliphatic rings. The lowest BCUT2D eigenvalue weighted by Crippen LogP contribution is -2.37. The zero-order valence-electron chi connectivity index (χ0n) is 10.8. The zero-order valence-corrected chi connectivity index (χ0v) is 11.5. The smallest absolute Gasteiger partial charge is 0.288 e. The highest BCUT2D eigenvalue weighted by Crippen LogP contribution is 2.25. The minimum Gasteiger partial charge on any atom is -0.378 e. The third-order valence-corrected chi connectivity index (χ3v) is 3.61. The fourth-order valence-corrected chi connectivity index (χ4v) is 2.44. The van der Waals surface area contributed by atoms with Gasteiger partial charge in [-0.25, -0.2) is 0 Å². The predicted molar refractivity (Wildman–Crippen MR) is 73.4 cm³/mol. The average molecular weight is 285 g/mol. The van der Waals surface area contributed by atoms with E-state index in [4.69, 9.17) is 16.3 Å². The van der Waals surface area contributed by atoms with Crippen molar-refractivity contribution >= 4 is 17.3 Å². The van der Waals surface area contributed by atoms with Crippen LogP contribution in [0.1, 0.15) is 25.3 Å². The molecular formula is C13H17ClN2O3. The van der Waals surface area contributed by atoms with Crippen LogP contribution in [0.15, 0.2) is 18.2 Å². The molecule has 1 aromatic rings. The van der Waals surface area contributed by atoms with Crippen molar-refractivity contribution in [3.63, 3.8) is 0 Å². The summed E-state index contributed by atoms with van der Waals surface area (Å²) in [5, 5.41) is 14.4. The number of nitrogens with zero attached hydrogens (tertiary/aromatic N) is 1. The van der Waals surface area contributed by atoms with Crippen LogP contribution in [0.5, 0.6) is 0 Å². The number of rotatable bonds is 4. The number of halogens is 1.